The Morgan fingerprint density at radius 1 is 1.23 bits per heavy atom. The fraction of sp³-hybridized carbons (Fsp3) is 0.333. The van der Waals surface area contributed by atoms with E-state index in [4.69, 9.17) is 24.9 Å². The van der Waals surface area contributed by atoms with Crippen LogP contribution in [0, 0.1) is 13.8 Å². The summed E-state index contributed by atoms with van der Waals surface area (Å²) >= 11 is 2.77. The SMILES string of the molecule is OCC[N]=[Mn].[CH2-]C(=O)O.[CH2-]C(=O)O. The van der Waals surface area contributed by atoms with Gasteiger partial charge in [-0.3, -0.25) is 23.4 Å². The summed E-state index contributed by atoms with van der Waals surface area (Å²) < 4.78 is 3.42. The third-order valence-corrected chi connectivity index (χ3v) is 0.448. The van der Waals surface area contributed by atoms with Gasteiger partial charge >= 0.3 is 38.0 Å². The van der Waals surface area contributed by atoms with Crippen LogP contribution in [0.1, 0.15) is 0 Å². The summed E-state index contributed by atoms with van der Waals surface area (Å²) in [4.78, 5) is 17.8. The van der Waals surface area contributed by atoms with Crippen LogP contribution in [0.15, 0.2) is 3.96 Å². The minimum absolute atomic E-state index is 0.130. The molecule has 0 bridgehead atoms. The van der Waals surface area contributed by atoms with E-state index in [1.54, 1.807) is 0 Å². The first-order valence-electron chi connectivity index (χ1n) is 2.86. The van der Waals surface area contributed by atoms with Gasteiger partial charge in [-0.1, -0.05) is 0 Å². The summed E-state index contributed by atoms with van der Waals surface area (Å²) in [6.45, 7) is 5.73. The molecule has 0 aromatic carbocycles. The maximum atomic E-state index is 8.89. The molecule has 13 heavy (non-hydrogen) atoms. The zero-order valence-corrected chi connectivity index (χ0v) is 7.99. The van der Waals surface area contributed by atoms with Crippen LogP contribution in [0.5, 0.6) is 0 Å². The average Bonchev–Trinajstić information content (AvgIpc) is 1.86. The number of aliphatic hydroxyl groups is 1. The van der Waals surface area contributed by atoms with Crippen LogP contribution in [0.3, 0.4) is 0 Å². The van der Waals surface area contributed by atoms with Gasteiger partial charge in [0.1, 0.15) is 0 Å². The van der Waals surface area contributed by atoms with Gasteiger partial charge in [0.2, 0.25) is 0 Å². The number of carbonyl (C=O) groups is 2. The number of carboxylic acid groups (broad SMARTS) is 2. The number of hydrogen-bond acceptors (Lipinski definition) is 4. The molecule has 0 aromatic rings. The molecule has 0 spiro atoms. The predicted molar refractivity (Wildman–Crippen MR) is 40.4 cm³/mol. The Morgan fingerprint density at radius 3 is 1.46 bits per heavy atom. The van der Waals surface area contributed by atoms with Crippen molar-refractivity contribution in [3.8, 4) is 0 Å². The molecule has 0 saturated carbocycles. The van der Waals surface area contributed by atoms with E-state index in [0.29, 0.717) is 6.54 Å². The number of rotatable bonds is 2. The Hall–Kier alpha value is -1.04. The van der Waals surface area contributed by atoms with E-state index in [1.807, 2.05) is 0 Å². The molecule has 0 rings (SSSR count). The number of nitrogens with zero attached hydrogens (tertiary/aromatic N) is 1. The number of carboxylic acids is 2. The first-order chi connectivity index (χ1) is 5.88. The van der Waals surface area contributed by atoms with Crippen LogP contribution in [-0.2, 0) is 25.4 Å². The van der Waals surface area contributed by atoms with Crippen molar-refractivity contribution in [1.29, 1.82) is 0 Å². The number of hydrogen-bond donors (Lipinski definition) is 3. The van der Waals surface area contributed by atoms with E-state index >= 15 is 0 Å². The Labute approximate surface area is 84.2 Å². The molecular weight excluding hydrogens is 221 g/mol. The normalized spacial score (nSPS) is 6.54. The smallest absolute Gasteiger partial charge is 0.161 e. The van der Waals surface area contributed by atoms with Crippen molar-refractivity contribution >= 4 is 11.9 Å². The van der Waals surface area contributed by atoms with Crippen molar-refractivity contribution in [1.82, 2.24) is 0 Å². The first-order valence-corrected chi connectivity index (χ1v) is 3.39. The summed E-state index contributed by atoms with van der Waals surface area (Å²) in [7, 11) is 0. The summed E-state index contributed by atoms with van der Waals surface area (Å²) in [5.74, 6) is -2.17. The van der Waals surface area contributed by atoms with Crippen molar-refractivity contribution < 1.29 is 40.7 Å². The molecule has 0 atom stereocenters. The molecule has 0 saturated heterocycles. The summed E-state index contributed by atoms with van der Waals surface area (Å²) in [6.07, 6.45) is 0. The van der Waals surface area contributed by atoms with Crippen LogP contribution in [0.2, 0.25) is 0 Å². The third-order valence-electron chi connectivity index (χ3n) is 0.185. The van der Waals surface area contributed by atoms with Crippen molar-refractivity contribution in [2.45, 2.75) is 0 Å². The molecule has 0 aromatic heterocycles. The van der Waals surface area contributed by atoms with Crippen molar-refractivity contribution in [3.63, 3.8) is 0 Å². The van der Waals surface area contributed by atoms with Crippen LogP contribution in [0.4, 0.5) is 0 Å². The monoisotopic (exact) mass is 232 g/mol. The van der Waals surface area contributed by atoms with Crippen molar-refractivity contribution in [2.75, 3.05) is 13.2 Å². The number of aliphatic carboxylic acids is 2. The molecule has 0 aliphatic carbocycles. The van der Waals surface area contributed by atoms with E-state index in [0.717, 1.165) is 0 Å². The molecule has 0 heterocycles. The van der Waals surface area contributed by atoms with Crippen molar-refractivity contribution in [3.05, 3.63) is 13.8 Å². The maximum absolute atomic E-state index is 8.89. The fourth-order valence-electron chi connectivity index (χ4n) is 0.0378. The van der Waals surface area contributed by atoms with Gasteiger partial charge in [-0.05, 0) is 0 Å². The third kappa shape index (κ3) is 956. The van der Waals surface area contributed by atoms with Crippen molar-refractivity contribution in [2.24, 2.45) is 3.96 Å². The standard InChI is InChI=1S/C2H5NO.2C2H3O2.Mn/c3-1-2-4;2*1-2(3)4;/h4H,1-2H2;2*1H2,(H,3,4);/q;2*-1;. The molecule has 0 unspecified atom stereocenters. The van der Waals surface area contributed by atoms with Gasteiger partial charge in [0.05, 0.1) is 0 Å². The Balaban J connectivity index is -0.000000117. The van der Waals surface area contributed by atoms with E-state index < -0.39 is 11.9 Å². The van der Waals surface area contributed by atoms with Crippen LogP contribution in [0.25, 0.3) is 0 Å². The minimum atomic E-state index is -1.08. The minimum Gasteiger partial charge on any atom is -0.503 e. The quantitative estimate of drug-likeness (QED) is 0.440. The summed E-state index contributed by atoms with van der Waals surface area (Å²) in [5.41, 5.74) is 0. The van der Waals surface area contributed by atoms with E-state index in [2.05, 4.69) is 33.6 Å². The van der Waals surface area contributed by atoms with Crippen LogP contribution >= 0.6 is 0 Å². The Kier molecular flexibility index (Phi) is 23.6. The Bertz CT molecular complexity index is 130. The molecule has 0 amide bonds. The first kappa shape index (κ1) is 17.9. The van der Waals surface area contributed by atoms with Gasteiger partial charge in [-0.25, -0.2) is 0 Å². The molecule has 0 aliphatic heterocycles. The molecular formula is C6H11MnNO5-2. The second kappa shape index (κ2) is 17.2. The number of aliphatic hydroxyl groups excluding tert-OH is 1. The summed E-state index contributed by atoms with van der Waals surface area (Å²) in [5, 5.41) is 22.6. The molecule has 0 fully saturated rings. The largest absolute Gasteiger partial charge is 0.503 e. The maximum Gasteiger partial charge on any atom is 0.161 e. The topological polar surface area (TPSA) is 107 Å². The molecule has 0 aliphatic rings. The molecule has 7 heteroatoms. The van der Waals surface area contributed by atoms with E-state index in [-0.39, 0.29) is 6.61 Å². The zero-order valence-electron chi connectivity index (χ0n) is 6.81. The predicted octanol–water partition coefficient (Wildman–Crippen LogP) is -0.481. The van der Waals surface area contributed by atoms with Crippen LogP contribution in [-0.4, -0.2) is 40.4 Å². The Morgan fingerprint density at radius 2 is 1.46 bits per heavy atom. The average molecular weight is 232 g/mol. The van der Waals surface area contributed by atoms with Gasteiger partial charge in [-0.15, -0.1) is 0 Å². The molecule has 0 radical (unpaired) electrons. The molecule has 3 N–H and O–H groups in total. The van der Waals surface area contributed by atoms with Gasteiger partial charge in [0, 0.05) is 0 Å². The van der Waals surface area contributed by atoms with Gasteiger partial charge in [-0.2, -0.15) is 0 Å². The van der Waals surface area contributed by atoms with Crippen LogP contribution < -0.4 is 0 Å². The second-order valence-electron chi connectivity index (χ2n) is 1.35. The second-order valence-corrected chi connectivity index (χ2v) is 1.73. The molecule has 79 valence electrons. The van der Waals surface area contributed by atoms with Gasteiger partial charge in [0.25, 0.3) is 0 Å². The van der Waals surface area contributed by atoms with Gasteiger partial charge < -0.3 is 10.2 Å². The zero-order chi connectivity index (χ0) is 11.3. The van der Waals surface area contributed by atoms with E-state index in [1.165, 1.54) is 0 Å². The summed E-state index contributed by atoms with van der Waals surface area (Å²) in [6, 6.07) is 0. The molecule has 6 nitrogen and oxygen atoms in total. The van der Waals surface area contributed by atoms with E-state index in [9.17, 15) is 0 Å². The van der Waals surface area contributed by atoms with Gasteiger partial charge in [0.15, 0.2) is 11.9 Å². The fourth-order valence-corrected chi connectivity index (χ4v) is 0.156.